The van der Waals surface area contributed by atoms with Crippen molar-refractivity contribution in [3.63, 3.8) is 0 Å². The Bertz CT molecular complexity index is 2520. The highest BCUT2D eigenvalue weighted by Crippen LogP contribution is 2.42. The van der Waals surface area contributed by atoms with Gasteiger partial charge < -0.3 is 19.5 Å². The number of para-hydroxylation sites is 1. The molecule has 0 atom stereocenters. The van der Waals surface area contributed by atoms with Gasteiger partial charge in [-0.1, -0.05) is 36.4 Å². The highest BCUT2D eigenvalue weighted by Gasteiger charge is 2.19. The van der Waals surface area contributed by atoms with Gasteiger partial charge in [-0.3, -0.25) is 4.98 Å². The maximum Gasteiger partial charge on any atom is 0.136 e. The van der Waals surface area contributed by atoms with Gasteiger partial charge in [0, 0.05) is 44.5 Å². The van der Waals surface area contributed by atoms with E-state index in [1.807, 2.05) is 60.7 Å². The minimum atomic E-state index is 0.761. The van der Waals surface area contributed by atoms with Crippen LogP contribution in [0.25, 0.3) is 71.1 Å². The molecule has 3 heterocycles. The maximum absolute atomic E-state index is 6.44. The Morgan fingerprint density at radius 2 is 1.43 bits per heavy atom. The Morgan fingerprint density at radius 1 is 0.595 bits per heavy atom. The summed E-state index contributed by atoms with van der Waals surface area (Å²) in [4.78, 5) is 4.43. The minimum absolute atomic E-state index is 0.761. The second-order valence-electron chi connectivity index (χ2n) is 10.7. The van der Waals surface area contributed by atoms with Gasteiger partial charge in [0.25, 0.3) is 0 Å². The number of benzene rings is 6. The van der Waals surface area contributed by atoms with Crippen molar-refractivity contribution in [1.29, 1.82) is 0 Å². The summed E-state index contributed by atoms with van der Waals surface area (Å²) in [6.45, 7) is 0. The average molecular weight is 542 g/mol. The fraction of sp³-hybridized carbons (Fsp3) is 0. The molecule has 3 aromatic heterocycles. The summed E-state index contributed by atoms with van der Waals surface area (Å²) in [5, 5.41) is 7.73. The average Bonchev–Trinajstić information content (AvgIpc) is 3.56. The molecular formula is C37H23N3O2. The number of aromatic nitrogens is 2. The van der Waals surface area contributed by atoms with E-state index in [9.17, 15) is 0 Å². The quantitative estimate of drug-likeness (QED) is 0.226. The number of ether oxygens (including phenoxy) is 1. The van der Waals surface area contributed by atoms with Crippen LogP contribution in [0, 0.1) is 0 Å². The van der Waals surface area contributed by atoms with E-state index in [-0.39, 0.29) is 0 Å². The summed E-state index contributed by atoms with van der Waals surface area (Å²) in [6.07, 6.45) is 1.80. The van der Waals surface area contributed by atoms with E-state index in [1.165, 1.54) is 0 Å². The van der Waals surface area contributed by atoms with Gasteiger partial charge in [-0.05, 0) is 95.7 Å². The van der Waals surface area contributed by atoms with E-state index in [4.69, 9.17) is 14.9 Å². The molecular weight excluding hydrogens is 518 g/mol. The normalized spacial score (nSPS) is 11.9. The third-order valence-electron chi connectivity index (χ3n) is 8.16. The fourth-order valence-corrected chi connectivity index (χ4v) is 6.29. The number of nitrogens with two attached hydrogens (primary N) is 1. The van der Waals surface area contributed by atoms with Crippen LogP contribution in [-0.2, 0) is 0 Å². The Kier molecular flexibility index (Phi) is 4.70. The van der Waals surface area contributed by atoms with E-state index in [1.54, 1.807) is 6.20 Å². The van der Waals surface area contributed by atoms with Crippen molar-refractivity contribution in [3.05, 3.63) is 128 Å². The SMILES string of the molecule is Nc1ccc2cc(-n3c4ccc(Oc5ccc6ncccc6c5)cc4c4c5c(ccc43)oc3ccccc35)ccc2c1. The molecule has 2 N–H and O–H groups in total. The predicted molar refractivity (Wildman–Crippen MR) is 172 cm³/mol. The molecule has 42 heavy (non-hydrogen) atoms. The summed E-state index contributed by atoms with van der Waals surface area (Å²) in [6, 6.07) is 41.3. The van der Waals surface area contributed by atoms with Crippen molar-refractivity contribution < 1.29 is 9.15 Å². The summed E-state index contributed by atoms with van der Waals surface area (Å²) in [5.41, 5.74) is 12.8. The molecule has 0 unspecified atom stereocenters. The lowest BCUT2D eigenvalue weighted by Gasteiger charge is -2.10. The van der Waals surface area contributed by atoms with Gasteiger partial charge in [0.2, 0.25) is 0 Å². The second kappa shape index (κ2) is 8.59. The number of pyridine rings is 1. The zero-order chi connectivity index (χ0) is 27.8. The highest BCUT2D eigenvalue weighted by atomic mass is 16.5. The van der Waals surface area contributed by atoms with Gasteiger partial charge in [-0.25, -0.2) is 0 Å². The Morgan fingerprint density at radius 3 is 2.40 bits per heavy atom. The molecule has 5 heteroatoms. The third kappa shape index (κ3) is 3.40. The van der Waals surface area contributed by atoms with E-state index in [0.29, 0.717) is 0 Å². The molecule has 5 nitrogen and oxygen atoms in total. The molecule has 0 aliphatic rings. The standard InChI is InChI=1S/C37H23N3O2/c38-25-9-7-23-19-26(10-8-22(23)18-25)40-32-14-12-28(41-27-11-13-31-24(20-27)4-3-17-39-31)21-30(32)36-33(40)15-16-35-37(36)29-5-1-2-6-34(29)42-35/h1-21H,38H2. The van der Waals surface area contributed by atoms with Crippen molar-refractivity contribution in [2.45, 2.75) is 0 Å². The van der Waals surface area contributed by atoms with Gasteiger partial charge in [0.05, 0.1) is 16.6 Å². The molecule has 9 aromatic rings. The van der Waals surface area contributed by atoms with Crippen LogP contribution in [0.15, 0.2) is 132 Å². The van der Waals surface area contributed by atoms with Gasteiger partial charge >= 0.3 is 0 Å². The smallest absolute Gasteiger partial charge is 0.136 e. The van der Waals surface area contributed by atoms with Gasteiger partial charge in [-0.2, -0.15) is 0 Å². The van der Waals surface area contributed by atoms with Crippen LogP contribution in [0.3, 0.4) is 0 Å². The molecule has 0 amide bonds. The predicted octanol–water partition coefficient (Wildman–Crippen LogP) is 9.76. The molecule has 9 rings (SSSR count). The number of rotatable bonds is 3. The molecule has 0 aliphatic carbocycles. The summed E-state index contributed by atoms with van der Waals surface area (Å²) >= 11 is 0. The molecule has 6 aromatic carbocycles. The first-order valence-corrected chi connectivity index (χ1v) is 13.9. The summed E-state index contributed by atoms with van der Waals surface area (Å²) < 4.78 is 15.1. The lowest BCUT2D eigenvalue weighted by atomic mass is 10.1. The lowest BCUT2D eigenvalue weighted by molar-refractivity contribution is 0.484. The Balaban J connectivity index is 1.32. The van der Waals surface area contributed by atoms with E-state index in [2.05, 4.69) is 70.2 Å². The third-order valence-corrected chi connectivity index (χ3v) is 8.16. The van der Waals surface area contributed by atoms with Crippen molar-refractivity contribution in [2.75, 3.05) is 5.73 Å². The van der Waals surface area contributed by atoms with Crippen LogP contribution in [0.5, 0.6) is 11.5 Å². The molecule has 0 radical (unpaired) electrons. The first kappa shape index (κ1) is 22.9. The zero-order valence-electron chi connectivity index (χ0n) is 22.4. The second-order valence-corrected chi connectivity index (χ2v) is 10.7. The number of hydrogen-bond acceptors (Lipinski definition) is 4. The van der Waals surface area contributed by atoms with Crippen LogP contribution in [-0.4, -0.2) is 9.55 Å². The number of nitrogens with zero attached hydrogens (tertiary/aromatic N) is 2. The van der Waals surface area contributed by atoms with E-state index in [0.717, 1.165) is 88.3 Å². The Hall–Kier alpha value is -5.81. The number of furan rings is 1. The Labute approximate surface area is 240 Å². The van der Waals surface area contributed by atoms with E-state index < -0.39 is 0 Å². The molecule has 0 aliphatic heterocycles. The van der Waals surface area contributed by atoms with E-state index >= 15 is 0 Å². The molecule has 0 saturated carbocycles. The largest absolute Gasteiger partial charge is 0.457 e. The van der Waals surface area contributed by atoms with Crippen molar-refractivity contribution >= 4 is 71.1 Å². The van der Waals surface area contributed by atoms with Crippen molar-refractivity contribution in [3.8, 4) is 17.2 Å². The van der Waals surface area contributed by atoms with Crippen molar-refractivity contribution in [2.24, 2.45) is 0 Å². The van der Waals surface area contributed by atoms with Crippen molar-refractivity contribution in [1.82, 2.24) is 9.55 Å². The van der Waals surface area contributed by atoms with Crippen LogP contribution < -0.4 is 10.5 Å². The molecule has 0 saturated heterocycles. The van der Waals surface area contributed by atoms with Crippen LogP contribution in [0.4, 0.5) is 5.69 Å². The fourth-order valence-electron chi connectivity index (χ4n) is 6.29. The van der Waals surface area contributed by atoms with Crippen LogP contribution in [0.1, 0.15) is 0 Å². The minimum Gasteiger partial charge on any atom is -0.457 e. The van der Waals surface area contributed by atoms with Gasteiger partial charge in [0.1, 0.15) is 22.7 Å². The van der Waals surface area contributed by atoms with Crippen LogP contribution in [0.2, 0.25) is 0 Å². The molecule has 0 fully saturated rings. The first-order valence-electron chi connectivity index (χ1n) is 13.9. The first-order chi connectivity index (χ1) is 20.7. The monoisotopic (exact) mass is 541 g/mol. The zero-order valence-corrected chi connectivity index (χ0v) is 22.4. The summed E-state index contributed by atoms with van der Waals surface area (Å²) in [5.74, 6) is 1.54. The highest BCUT2D eigenvalue weighted by molar-refractivity contribution is 6.27. The maximum atomic E-state index is 6.44. The number of fused-ring (bicyclic) bond motifs is 9. The number of hydrogen-bond donors (Lipinski definition) is 1. The molecule has 0 bridgehead atoms. The number of anilines is 1. The number of nitrogen functional groups attached to an aromatic ring is 1. The van der Waals surface area contributed by atoms with Crippen LogP contribution >= 0.6 is 0 Å². The molecule has 198 valence electrons. The summed E-state index contributed by atoms with van der Waals surface area (Å²) in [7, 11) is 0. The lowest BCUT2D eigenvalue weighted by Crippen LogP contribution is -1.94. The van der Waals surface area contributed by atoms with Gasteiger partial charge in [0.15, 0.2) is 0 Å². The van der Waals surface area contributed by atoms with Gasteiger partial charge in [-0.15, -0.1) is 0 Å². The topological polar surface area (TPSA) is 66.2 Å². The molecule has 0 spiro atoms.